The minimum Gasteiger partial charge on any atom is -0.363 e. The SMILES string of the molecule is C.Cc1cc(N(C)C(=O)N2CCN(C(=O)C3CCC(C(=O)C[C-](C)C)CC3)C[C@H]2Cc2ccc(Cl)c(Cl)c2)cc(C(F)(F)F)c1.Cc1cc(N(C)C(=O)N2CCN(C(=O)[C-](C)C)C[C@H]2Cc2ccc(C)c(Cl)c2)cc(C(F)(F)F)c1.[Y].[Y]. The van der Waals surface area contributed by atoms with Crippen molar-refractivity contribution in [3.8, 4) is 0 Å². The Bertz CT molecular complexity index is 2870. The second-order valence-electron chi connectivity index (χ2n) is 21.7. The van der Waals surface area contributed by atoms with Gasteiger partial charge >= 0.3 is 24.4 Å². The summed E-state index contributed by atoms with van der Waals surface area (Å²) in [4.78, 5) is 75.5. The topological polar surface area (TPSA) is 105 Å². The van der Waals surface area contributed by atoms with Gasteiger partial charge in [-0.1, -0.05) is 60.4 Å². The van der Waals surface area contributed by atoms with Crippen molar-refractivity contribution in [1.29, 1.82) is 0 Å². The zero-order valence-electron chi connectivity index (χ0n) is 47.2. The van der Waals surface area contributed by atoms with Gasteiger partial charge in [0.2, 0.25) is 5.91 Å². The molecule has 11 nitrogen and oxygen atoms in total. The summed E-state index contributed by atoms with van der Waals surface area (Å²) in [5, 5.41) is 1.37. The van der Waals surface area contributed by atoms with Crippen molar-refractivity contribution in [1.82, 2.24) is 19.6 Å². The summed E-state index contributed by atoms with van der Waals surface area (Å²) in [6.45, 7) is 14.1. The molecule has 0 unspecified atom stereocenters. The third-order valence-corrected chi connectivity index (χ3v) is 16.0. The number of halogens is 9. The van der Waals surface area contributed by atoms with Crippen molar-refractivity contribution < 1.29 is 116 Å². The van der Waals surface area contributed by atoms with Crippen molar-refractivity contribution in [3.63, 3.8) is 0 Å². The Balaban J connectivity index is 0.000000425. The Morgan fingerprint density at radius 2 is 1.00 bits per heavy atom. The summed E-state index contributed by atoms with van der Waals surface area (Å²) < 4.78 is 80.6. The number of urea groups is 2. The zero-order valence-corrected chi connectivity index (χ0v) is 55.2. The second-order valence-corrected chi connectivity index (χ2v) is 22.9. The predicted molar refractivity (Wildman–Crippen MR) is 305 cm³/mol. The Morgan fingerprint density at radius 3 is 1.43 bits per heavy atom. The molecule has 2 atom stereocenters. The Hall–Kier alpha value is -3.44. The molecule has 6 amide bonds. The summed E-state index contributed by atoms with van der Waals surface area (Å²) in [6, 6.07) is 16.3. The summed E-state index contributed by atoms with van der Waals surface area (Å²) in [5.74, 6) is 1.72. The van der Waals surface area contributed by atoms with Crippen LogP contribution in [0.25, 0.3) is 0 Å². The maximum absolute atomic E-state index is 13.8. The van der Waals surface area contributed by atoms with E-state index in [0.29, 0.717) is 96.7 Å². The number of aryl methyl sites for hydroxylation is 3. The van der Waals surface area contributed by atoms with E-state index in [0.717, 1.165) is 46.9 Å². The van der Waals surface area contributed by atoms with Crippen LogP contribution in [0, 0.1) is 44.4 Å². The van der Waals surface area contributed by atoms with Gasteiger partial charge in [0.25, 0.3) is 0 Å². The molecular weight excluding hydrogens is 1280 g/mol. The van der Waals surface area contributed by atoms with Crippen molar-refractivity contribution in [2.75, 3.05) is 63.2 Å². The first-order valence-electron chi connectivity index (χ1n) is 26.3. The van der Waals surface area contributed by atoms with Gasteiger partial charge in [-0.05, 0) is 142 Å². The van der Waals surface area contributed by atoms with Crippen LogP contribution < -0.4 is 9.80 Å². The minimum atomic E-state index is -4.55. The van der Waals surface area contributed by atoms with Crippen LogP contribution in [0.15, 0.2) is 72.8 Å². The number of piperazine rings is 2. The smallest absolute Gasteiger partial charge is 0.363 e. The summed E-state index contributed by atoms with van der Waals surface area (Å²) in [6.07, 6.45) is -5.10. The first-order valence-corrected chi connectivity index (χ1v) is 27.4. The van der Waals surface area contributed by atoms with E-state index in [1.807, 2.05) is 45.0 Å². The van der Waals surface area contributed by atoms with Crippen molar-refractivity contribution in [2.24, 2.45) is 11.8 Å². The van der Waals surface area contributed by atoms with Gasteiger partial charge in [-0.3, -0.25) is 20.5 Å². The van der Waals surface area contributed by atoms with Crippen molar-refractivity contribution in [3.05, 3.63) is 139 Å². The fraction of sp³-hybridized carbons (Fsp3) is 0.483. The van der Waals surface area contributed by atoms with E-state index in [2.05, 4.69) is 0 Å². The molecule has 2 aliphatic heterocycles. The van der Waals surface area contributed by atoms with Crippen LogP contribution in [0.1, 0.15) is 106 Å². The summed E-state index contributed by atoms with van der Waals surface area (Å²) >= 11 is 18.7. The molecule has 0 spiro atoms. The number of Topliss-reactive ketones (excluding diaryl/α,β-unsaturated/α-hetero) is 1. The standard InChI is InChI=1S/C33H39Cl2F3N3O3.C26H30ClF3N3O2.CH4.2Y/c1-20(2)13-30(42)23-6-8-24(9-7-23)31(43)40-11-12-41(27(19-40)16-22-5-10-28(34)29(35)17-22)32(44)39(4)26-15-21(3)14-25(18-26)33(36,37)38;1-16(2)24(34)32-8-9-33(22(15-32)12-19-7-6-18(4)23(27)13-19)25(35)31(5)21-11-17(3)10-20(14-21)26(28,29)30;;;/h5,10,14-15,17-18,23-24,27H,6-9,11-13,16,19H2,1-4H3;6-7,10-11,13-14,22H,8-9,12,15H2,1-5H3;1H4;;/q2*-1;;;/t23?,24?,27-;22-;;;/m11.../s1. The number of hydrogen-bond donors (Lipinski definition) is 0. The Morgan fingerprint density at radius 1 is 0.573 bits per heavy atom. The van der Waals surface area contributed by atoms with E-state index < -0.39 is 41.6 Å². The normalized spacial score (nSPS) is 18.2. The van der Waals surface area contributed by atoms with Crippen LogP contribution >= 0.6 is 34.8 Å². The monoisotopic (exact) mass is 1350 g/mol. The number of alkyl halides is 6. The van der Waals surface area contributed by atoms with E-state index in [-0.39, 0.29) is 139 Å². The van der Waals surface area contributed by atoms with Gasteiger partial charge in [0.15, 0.2) is 0 Å². The Labute approximate surface area is 545 Å². The predicted octanol–water partition coefficient (Wildman–Crippen LogP) is 14.5. The van der Waals surface area contributed by atoms with Gasteiger partial charge in [0, 0.05) is 147 Å². The number of anilines is 2. The largest absolute Gasteiger partial charge is 0.416 e. The number of nitrogens with zero attached hydrogens (tertiary/aromatic N) is 6. The van der Waals surface area contributed by atoms with Gasteiger partial charge in [0.05, 0.1) is 39.2 Å². The molecule has 1 aliphatic carbocycles. The van der Waals surface area contributed by atoms with Gasteiger partial charge in [-0.15, -0.1) is 6.42 Å². The van der Waals surface area contributed by atoms with E-state index in [9.17, 15) is 50.3 Å². The minimum absolute atomic E-state index is 0. The van der Waals surface area contributed by atoms with Crippen LogP contribution in [0.5, 0.6) is 0 Å². The number of amides is 6. The molecule has 444 valence electrons. The molecule has 22 heteroatoms. The van der Waals surface area contributed by atoms with Gasteiger partial charge in [0.1, 0.15) is 5.78 Å². The van der Waals surface area contributed by atoms with Gasteiger partial charge in [-0.2, -0.15) is 54.0 Å². The number of carbonyl (C=O) groups excluding carboxylic acids is 5. The molecule has 4 aromatic rings. The van der Waals surface area contributed by atoms with Crippen LogP contribution in [0.3, 0.4) is 0 Å². The molecule has 7 rings (SSSR count). The van der Waals surface area contributed by atoms with E-state index in [4.69, 9.17) is 34.8 Å². The van der Waals surface area contributed by atoms with Gasteiger partial charge < -0.3 is 35.1 Å². The fourth-order valence-corrected chi connectivity index (χ4v) is 11.0. The number of rotatable bonds is 11. The molecular formula is C60H73Cl3F6N6O5Y2-2. The van der Waals surface area contributed by atoms with E-state index in [1.54, 1.807) is 71.6 Å². The number of hydrogen-bond acceptors (Lipinski definition) is 5. The van der Waals surface area contributed by atoms with Crippen LogP contribution in [0.4, 0.5) is 47.3 Å². The average molecular weight is 1360 g/mol. The van der Waals surface area contributed by atoms with Crippen LogP contribution in [-0.2, 0) is 105 Å². The van der Waals surface area contributed by atoms with E-state index >= 15 is 0 Å². The zero-order chi connectivity index (χ0) is 58.4. The molecule has 2 radical (unpaired) electrons. The molecule has 0 bridgehead atoms. The average Bonchev–Trinajstić information content (AvgIpc) is 3.44. The van der Waals surface area contributed by atoms with Crippen LogP contribution in [-0.4, -0.2) is 115 Å². The van der Waals surface area contributed by atoms with E-state index in [1.165, 1.54) is 23.9 Å². The third-order valence-electron chi connectivity index (χ3n) is 14.8. The van der Waals surface area contributed by atoms with Gasteiger partial charge in [-0.25, -0.2) is 9.59 Å². The molecule has 2 heterocycles. The molecule has 2 saturated heterocycles. The molecule has 3 aliphatic rings. The molecule has 1 saturated carbocycles. The number of carbonyl (C=O) groups is 5. The first kappa shape index (κ1) is 72.8. The van der Waals surface area contributed by atoms with Crippen molar-refractivity contribution >= 4 is 75.8 Å². The van der Waals surface area contributed by atoms with Crippen LogP contribution in [0.2, 0.25) is 15.1 Å². The number of benzene rings is 4. The second kappa shape index (κ2) is 31.3. The first-order chi connectivity index (χ1) is 36.9. The number of ketones is 1. The fourth-order valence-electron chi connectivity index (χ4n) is 10.5. The molecule has 82 heavy (non-hydrogen) atoms. The maximum Gasteiger partial charge on any atom is 0.416 e. The molecule has 0 N–H and O–H groups in total. The molecule has 4 aromatic carbocycles. The van der Waals surface area contributed by atoms with Crippen molar-refractivity contribution in [2.45, 2.75) is 125 Å². The molecule has 3 fully saturated rings. The third kappa shape index (κ3) is 19.3. The quantitative estimate of drug-likeness (QED) is 0.110. The summed E-state index contributed by atoms with van der Waals surface area (Å²) in [5.41, 5.74) is 2.12. The molecule has 0 aromatic heterocycles. The summed E-state index contributed by atoms with van der Waals surface area (Å²) in [7, 11) is 2.93. The Kier molecular flexibility index (Phi) is 27.8. The maximum atomic E-state index is 13.8.